The van der Waals surface area contributed by atoms with E-state index in [1.54, 1.807) is 36.4 Å². The topological polar surface area (TPSA) is 153 Å². The first-order valence-corrected chi connectivity index (χ1v) is 16.4. The average Bonchev–Trinajstić information content (AvgIpc) is 3.43. The Hall–Kier alpha value is -5.26. The second kappa shape index (κ2) is 10.9. The highest BCUT2D eigenvalue weighted by Gasteiger charge is 2.76. The quantitative estimate of drug-likeness (QED) is 0.135. The number of carbonyl (C=O) groups excluding carboxylic acids is 4. The van der Waals surface area contributed by atoms with Gasteiger partial charge in [0.05, 0.1) is 23.2 Å². The third kappa shape index (κ3) is 4.10. The predicted octanol–water partition coefficient (Wildman–Crippen LogP) is 5.86. The van der Waals surface area contributed by atoms with Crippen molar-refractivity contribution < 1.29 is 43.7 Å². The third-order valence-electron chi connectivity index (χ3n) is 10.6. The molecule has 6 atom stereocenters. The molecule has 10 nitrogen and oxygen atoms in total. The van der Waals surface area contributed by atoms with E-state index in [-0.39, 0.29) is 30.0 Å². The summed E-state index contributed by atoms with van der Waals surface area (Å²) in [5.41, 5.74) is 0.573. The van der Waals surface area contributed by atoms with Crippen LogP contribution in [-0.2, 0) is 19.2 Å². The highest BCUT2D eigenvalue weighted by Crippen LogP contribution is 2.66. The first-order chi connectivity index (χ1) is 23.8. The van der Waals surface area contributed by atoms with Crippen LogP contribution in [-0.4, -0.2) is 54.7 Å². The molecule has 0 aromatic heterocycles. The number of alkyl halides is 2. The molecular formula is C37H25Cl2FN2O8. The molecule has 0 radical (unpaired) electrons. The monoisotopic (exact) mass is 714 g/mol. The number of nitrogens with zero attached hydrogens (tertiary/aromatic N) is 2. The Kier molecular flexibility index (Phi) is 6.95. The number of carbonyl (C=O) groups is 5. The molecule has 2 heterocycles. The van der Waals surface area contributed by atoms with E-state index >= 15 is 0 Å². The first kappa shape index (κ1) is 32.0. The van der Waals surface area contributed by atoms with Crippen molar-refractivity contribution in [1.29, 1.82) is 0 Å². The summed E-state index contributed by atoms with van der Waals surface area (Å²) >= 11 is 14.9. The number of rotatable bonds is 4. The summed E-state index contributed by atoms with van der Waals surface area (Å²) in [6.45, 7) is 0. The second-order valence-corrected chi connectivity index (χ2v) is 14.2. The van der Waals surface area contributed by atoms with Gasteiger partial charge in [0.25, 0.3) is 11.8 Å². The molecule has 1 saturated carbocycles. The number of halogens is 3. The van der Waals surface area contributed by atoms with Gasteiger partial charge in [-0.25, -0.2) is 19.0 Å². The Balaban J connectivity index is 1.31. The number of aromatic hydroxyl groups is 2. The Morgan fingerprint density at radius 2 is 1.46 bits per heavy atom. The Morgan fingerprint density at radius 3 is 2.14 bits per heavy atom. The number of phenols is 2. The van der Waals surface area contributed by atoms with Crippen molar-refractivity contribution in [3.63, 3.8) is 0 Å². The summed E-state index contributed by atoms with van der Waals surface area (Å²) in [6.07, 6.45) is 1.52. The zero-order valence-electron chi connectivity index (χ0n) is 25.7. The molecule has 2 aliphatic heterocycles. The lowest BCUT2D eigenvalue weighted by Crippen LogP contribution is -2.60. The number of aromatic carboxylic acids is 1. The SMILES string of the molecule is O=C(O)c1ccc(N2C(=O)[C@H]3[C@H](CC=C4[C@H]3C[C@@]3(Cl)C(=O)N(c5ccc(F)cc5)C(=O)[C@@]3(Cl)[C@H]4c3ccc(O)c4ccccc34)C2=O)cc1O. The summed E-state index contributed by atoms with van der Waals surface area (Å²) in [7, 11) is 0. The van der Waals surface area contributed by atoms with E-state index in [2.05, 4.69) is 0 Å². The van der Waals surface area contributed by atoms with Gasteiger partial charge in [0.15, 0.2) is 9.75 Å². The van der Waals surface area contributed by atoms with Crippen molar-refractivity contribution >= 4 is 74.9 Å². The van der Waals surface area contributed by atoms with Crippen molar-refractivity contribution in [3.05, 3.63) is 107 Å². The molecule has 4 aliphatic rings. The number of allylic oxidation sites excluding steroid dienone is 2. The number of carboxylic acids is 1. The minimum atomic E-state index is -2.17. The van der Waals surface area contributed by atoms with Gasteiger partial charge in [-0.1, -0.05) is 42.0 Å². The molecule has 3 fully saturated rings. The van der Waals surface area contributed by atoms with E-state index in [9.17, 15) is 43.7 Å². The zero-order chi connectivity index (χ0) is 35.4. The van der Waals surface area contributed by atoms with Gasteiger partial charge >= 0.3 is 5.97 Å². The average molecular weight is 716 g/mol. The van der Waals surface area contributed by atoms with Crippen LogP contribution >= 0.6 is 23.2 Å². The van der Waals surface area contributed by atoms with Crippen LogP contribution in [0.2, 0.25) is 0 Å². The summed E-state index contributed by atoms with van der Waals surface area (Å²) in [6, 6.07) is 18.0. The fraction of sp³-hybridized carbons (Fsp3) is 0.216. The van der Waals surface area contributed by atoms with Gasteiger partial charge in [-0.2, -0.15) is 0 Å². The number of imide groups is 2. The molecular weight excluding hydrogens is 690 g/mol. The van der Waals surface area contributed by atoms with Crippen molar-refractivity contribution in [1.82, 2.24) is 0 Å². The largest absolute Gasteiger partial charge is 0.507 e. The summed E-state index contributed by atoms with van der Waals surface area (Å²) in [5.74, 6) is -9.60. The smallest absolute Gasteiger partial charge is 0.339 e. The lowest BCUT2D eigenvalue weighted by Gasteiger charge is -2.51. The molecule has 3 N–H and O–H groups in total. The minimum absolute atomic E-state index is 0.0304. The minimum Gasteiger partial charge on any atom is -0.507 e. The van der Waals surface area contributed by atoms with Crippen LogP contribution in [0.25, 0.3) is 10.8 Å². The molecule has 8 rings (SSSR count). The molecule has 0 unspecified atom stereocenters. The number of carboxylic acid groups (broad SMARTS) is 1. The van der Waals surface area contributed by atoms with Crippen molar-refractivity contribution in [2.45, 2.75) is 28.5 Å². The number of anilines is 2. The maximum absolute atomic E-state index is 14.6. The molecule has 2 aliphatic carbocycles. The summed E-state index contributed by atoms with van der Waals surface area (Å²) in [4.78, 5) is 66.3. The van der Waals surface area contributed by atoms with Gasteiger partial charge in [-0.05, 0) is 72.2 Å². The Labute approximate surface area is 292 Å². The molecule has 252 valence electrons. The Morgan fingerprint density at radius 1 is 0.780 bits per heavy atom. The molecule has 2 saturated heterocycles. The number of hydrogen-bond donors (Lipinski definition) is 3. The van der Waals surface area contributed by atoms with Crippen LogP contribution in [0.1, 0.15) is 34.7 Å². The van der Waals surface area contributed by atoms with Crippen LogP contribution in [0.15, 0.2) is 90.5 Å². The van der Waals surface area contributed by atoms with E-state index in [0.717, 1.165) is 34.1 Å². The number of phenolic OH excluding ortho intramolecular Hbond substituents is 1. The molecule has 13 heteroatoms. The van der Waals surface area contributed by atoms with Crippen LogP contribution < -0.4 is 9.80 Å². The summed E-state index contributed by atoms with van der Waals surface area (Å²) in [5, 5.41) is 31.5. The number of hydrogen-bond acceptors (Lipinski definition) is 7. The molecule has 4 aromatic rings. The van der Waals surface area contributed by atoms with Crippen molar-refractivity contribution in [2.24, 2.45) is 17.8 Å². The molecule has 0 bridgehead atoms. The first-order valence-electron chi connectivity index (χ1n) is 15.7. The summed E-state index contributed by atoms with van der Waals surface area (Å²) < 4.78 is 13.9. The van der Waals surface area contributed by atoms with Crippen molar-refractivity contribution in [2.75, 3.05) is 9.80 Å². The van der Waals surface area contributed by atoms with Crippen LogP contribution in [0.5, 0.6) is 11.5 Å². The maximum atomic E-state index is 14.6. The molecule has 0 spiro atoms. The normalized spacial score (nSPS) is 28.8. The van der Waals surface area contributed by atoms with Crippen LogP contribution in [0, 0.1) is 23.6 Å². The van der Waals surface area contributed by atoms with E-state index in [1.807, 2.05) is 0 Å². The maximum Gasteiger partial charge on any atom is 0.339 e. The van der Waals surface area contributed by atoms with E-state index in [1.165, 1.54) is 24.3 Å². The molecule has 50 heavy (non-hydrogen) atoms. The fourth-order valence-corrected chi connectivity index (χ4v) is 9.32. The van der Waals surface area contributed by atoms with Gasteiger partial charge < -0.3 is 15.3 Å². The van der Waals surface area contributed by atoms with E-state index in [0.29, 0.717) is 21.9 Å². The Bertz CT molecular complexity index is 2260. The molecule has 4 amide bonds. The second-order valence-electron chi connectivity index (χ2n) is 13.0. The lowest BCUT2D eigenvalue weighted by atomic mass is 9.56. The van der Waals surface area contributed by atoms with Gasteiger partial charge in [-0.15, -0.1) is 23.2 Å². The van der Waals surface area contributed by atoms with E-state index < -0.39 is 80.1 Å². The highest BCUT2D eigenvalue weighted by molar-refractivity contribution is 6.58. The standard InChI is InChI=1S/C37H25Cl2FN2O8/c38-36-16-26-23(11-12-25-29(26)32(46)41(31(25)45)19-9-10-24(33(47)48)28(44)15-19)30(22-13-14-27(43)21-4-2-1-3-20(21)22)37(36,39)35(50)42(34(36)49)18-7-5-17(40)6-8-18/h1-11,13-15,25-26,29-30,43-44H,12,16H2,(H,47,48)/t25-,26+,29-,30-,36+,37-/m0/s1. The van der Waals surface area contributed by atoms with Gasteiger partial charge in [0, 0.05) is 17.4 Å². The number of fused-ring (bicyclic) bond motifs is 5. The predicted molar refractivity (Wildman–Crippen MR) is 180 cm³/mol. The third-order valence-corrected chi connectivity index (χ3v) is 12.0. The van der Waals surface area contributed by atoms with E-state index in [4.69, 9.17) is 23.2 Å². The van der Waals surface area contributed by atoms with Gasteiger partial charge in [0.2, 0.25) is 11.8 Å². The fourth-order valence-electron chi connectivity index (χ4n) is 8.40. The highest BCUT2D eigenvalue weighted by atomic mass is 35.5. The zero-order valence-corrected chi connectivity index (χ0v) is 27.2. The van der Waals surface area contributed by atoms with Gasteiger partial charge in [0.1, 0.15) is 22.9 Å². The molecule has 4 aromatic carbocycles. The van der Waals surface area contributed by atoms with Crippen LogP contribution in [0.4, 0.5) is 15.8 Å². The number of amides is 4. The number of benzene rings is 4. The van der Waals surface area contributed by atoms with Crippen LogP contribution in [0.3, 0.4) is 0 Å². The lowest BCUT2D eigenvalue weighted by molar-refractivity contribution is -0.125. The van der Waals surface area contributed by atoms with Crippen molar-refractivity contribution in [3.8, 4) is 11.5 Å². The van der Waals surface area contributed by atoms with Gasteiger partial charge in [-0.3, -0.25) is 19.2 Å².